The molecule has 0 aliphatic carbocycles. The minimum Gasteiger partial charge on any atom is -0.315 e. The van der Waals surface area contributed by atoms with Gasteiger partial charge in [0.15, 0.2) is 0 Å². The van der Waals surface area contributed by atoms with E-state index in [4.69, 9.17) is 4.98 Å². The summed E-state index contributed by atoms with van der Waals surface area (Å²) in [5.41, 5.74) is 5.87. The molecule has 0 saturated carbocycles. The van der Waals surface area contributed by atoms with Gasteiger partial charge >= 0.3 is 0 Å². The monoisotopic (exact) mass is 370 g/mol. The summed E-state index contributed by atoms with van der Waals surface area (Å²) in [6, 6.07) is 19.5. The molecule has 28 heavy (non-hydrogen) atoms. The first-order chi connectivity index (χ1) is 13.8. The molecule has 0 atom stereocenters. The van der Waals surface area contributed by atoms with Gasteiger partial charge in [-0.25, -0.2) is 4.98 Å². The van der Waals surface area contributed by atoms with Crippen molar-refractivity contribution in [2.75, 3.05) is 26.2 Å². The maximum Gasteiger partial charge on any atom is 0.140 e. The van der Waals surface area contributed by atoms with Gasteiger partial charge in [-0.3, -0.25) is 4.90 Å². The first-order valence-corrected chi connectivity index (χ1v) is 10.2. The molecule has 0 unspecified atom stereocenters. The molecule has 0 radical (unpaired) electrons. The molecule has 4 nitrogen and oxygen atoms in total. The number of fused-ring (bicyclic) bond motifs is 2. The number of aromatic nitrogens is 2. The Morgan fingerprint density at radius 1 is 0.964 bits per heavy atom. The number of nitrogens with zero attached hydrogens (tertiary/aromatic N) is 3. The minimum absolute atomic E-state index is 0.925. The van der Waals surface area contributed by atoms with Crippen molar-refractivity contribution in [3.05, 3.63) is 72.1 Å². The Hall–Kier alpha value is -2.69. The van der Waals surface area contributed by atoms with Crippen molar-refractivity contribution < 1.29 is 0 Å². The van der Waals surface area contributed by atoms with E-state index < -0.39 is 0 Å². The van der Waals surface area contributed by atoms with E-state index in [2.05, 4.69) is 82.3 Å². The molecule has 1 aliphatic heterocycles. The molecule has 0 amide bonds. The normalized spacial score (nSPS) is 15.9. The molecule has 1 saturated heterocycles. The molecular formula is C24H26N4. The van der Waals surface area contributed by atoms with Crippen LogP contribution >= 0.6 is 0 Å². The van der Waals surface area contributed by atoms with E-state index in [9.17, 15) is 0 Å². The van der Waals surface area contributed by atoms with Crippen LogP contribution in [0.4, 0.5) is 0 Å². The minimum atomic E-state index is 0.925. The summed E-state index contributed by atoms with van der Waals surface area (Å²) in [5, 5.41) is 6.04. The lowest BCUT2D eigenvalue weighted by Gasteiger charge is -2.20. The zero-order chi connectivity index (χ0) is 18.9. The van der Waals surface area contributed by atoms with Crippen LogP contribution in [-0.4, -0.2) is 40.5 Å². The molecule has 4 aromatic rings. The van der Waals surface area contributed by atoms with Crippen molar-refractivity contribution in [2.24, 2.45) is 0 Å². The van der Waals surface area contributed by atoms with Crippen molar-refractivity contribution in [1.29, 1.82) is 0 Å². The zero-order valence-corrected chi connectivity index (χ0v) is 16.4. The van der Waals surface area contributed by atoms with Gasteiger partial charge in [0.25, 0.3) is 0 Å². The average molecular weight is 371 g/mol. The second kappa shape index (κ2) is 7.38. The van der Waals surface area contributed by atoms with E-state index in [0.29, 0.717) is 0 Å². The van der Waals surface area contributed by atoms with Gasteiger partial charge in [-0.05, 0) is 54.9 Å². The smallest absolute Gasteiger partial charge is 0.140 e. The molecule has 5 rings (SSSR count). The molecule has 0 spiro atoms. The number of rotatable bonds is 3. The highest BCUT2D eigenvalue weighted by molar-refractivity contribution is 5.87. The molecular weight excluding hydrogens is 344 g/mol. The van der Waals surface area contributed by atoms with E-state index in [1.165, 1.54) is 34.0 Å². The van der Waals surface area contributed by atoms with Crippen molar-refractivity contribution in [2.45, 2.75) is 19.9 Å². The Balaban J connectivity index is 1.64. The van der Waals surface area contributed by atoms with E-state index in [0.717, 1.165) is 44.1 Å². The standard InChI is InChI=1S/C24H26N4/c1-18-6-4-14-28-22(17-27-13-5-11-25-12-15-27)23(26-24(18)28)21-10-9-19-7-2-3-8-20(19)16-21/h2-4,6-10,14,16,25H,5,11-13,15,17H2,1H3. The highest BCUT2D eigenvalue weighted by Gasteiger charge is 2.19. The van der Waals surface area contributed by atoms with E-state index in [-0.39, 0.29) is 0 Å². The zero-order valence-electron chi connectivity index (χ0n) is 16.4. The number of nitrogens with one attached hydrogen (secondary N) is 1. The van der Waals surface area contributed by atoms with Crippen molar-refractivity contribution >= 4 is 16.4 Å². The van der Waals surface area contributed by atoms with Crippen LogP contribution in [0.1, 0.15) is 17.7 Å². The van der Waals surface area contributed by atoms with Gasteiger partial charge in [0.2, 0.25) is 0 Å². The fourth-order valence-electron chi connectivity index (χ4n) is 4.24. The van der Waals surface area contributed by atoms with Crippen molar-refractivity contribution in [3.8, 4) is 11.3 Å². The number of pyridine rings is 1. The lowest BCUT2D eigenvalue weighted by Crippen LogP contribution is -2.28. The van der Waals surface area contributed by atoms with Crippen LogP contribution in [0.25, 0.3) is 27.7 Å². The lowest BCUT2D eigenvalue weighted by molar-refractivity contribution is 0.281. The van der Waals surface area contributed by atoms with Crippen LogP contribution in [0.15, 0.2) is 60.8 Å². The summed E-state index contributed by atoms with van der Waals surface area (Å²) in [5.74, 6) is 0. The highest BCUT2D eigenvalue weighted by Crippen LogP contribution is 2.29. The van der Waals surface area contributed by atoms with Crippen molar-refractivity contribution in [1.82, 2.24) is 19.6 Å². The third kappa shape index (κ3) is 3.19. The van der Waals surface area contributed by atoms with Gasteiger partial charge < -0.3 is 9.72 Å². The van der Waals surface area contributed by atoms with Gasteiger partial charge in [-0.1, -0.05) is 42.5 Å². The average Bonchev–Trinajstić information content (AvgIpc) is 2.90. The number of aryl methyl sites for hydroxylation is 1. The Labute approximate surface area is 165 Å². The Morgan fingerprint density at radius 3 is 2.79 bits per heavy atom. The van der Waals surface area contributed by atoms with Crippen LogP contribution in [-0.2, 0) is 6.54 Å². The van der Waals surface area contributed by atoms with E-state index in [1.807, 2.05) is 0 Å². The molecule has 1 N–H and O–H groups in total. The molecule has 1 aliphatic rings. The number of benzene rings is 2. The molecule has 2 aromatic carbocycles. The summed E-state index contributed by atoms with van der Waals surface area (Å²) >= 11 is 0. The highest BCUT2D eigenvalue weighted by atomic mass is 15.2. The van der Waals surface area contributed by atoms with Gasteiger partial charge in [-0.15, -0.1) is 0 Å². The van der Waals surface area contributed by atoms with Crippen LogP contribution in [0.2, 0.25) is 0 Å². The summed E-state index contributed by atoms with van der Waals surface area (Å²) in [6.45, 7) is 7.45. The van der Waals surface area contributed by atoms with Crippen molar-refractivity contribution in [3.63, 3.8) is 0 Å². The van der Waals surface area contributed by atoms with Gasteiger partial charge in [0.05, 0.1) is 11.4 Å². The number of hydrogen-bond donors (Lipinski definition) is 1. The Morgan fingerprint density at radius 2 is 1.86 bits per heavy atom. The SMILES string of the molecule is Cc1cccn2c(CN3CCCNCC3)c(-c3ccc4ccccc4c3)nc12. The molecule has 142 valence electrons. The summed E-state index contributed by atoms with van der Waals surface area (Å²) in [7, 11) is 0. The predicted octanol–water partition coefficient (Wildman–Crippen LogP) is 4.26. The van der Waals surface area contributed by atoms with Crippen LogP contribution < -0.4 is 5.32 Å². The fourth-order valence-corrected chi connectivity index (χ4v) is 4.24. The molecule has 3 heterocycles. The summed E-state index contributed by atoms with van der Waals surface area (Å²) in [6.07, 6.45) is 3.35. The van der Waals surface area contributed by atoms with E-state index in [1.54, 1.807) is 0 Å². The Bertz CT molecular complexity index is 1120. The topological polar surface area (TPSA) is 32.6 Å². The maximum absolute atomic E-state index is 5.10. The summed E-state index contributed by atoms with van der Waals surface area (Å²) < 4.78 is 2.29. The lowest BCUT2D eigenvalue weighted by atomic mass is 10.0. The molecule has 2 aromatic heterocycles. The van der Waals surface area contributed by atoms with Gasteiger partial charge in [-0.2, -0.15) is 0 Å². The van der Waals surface area contributed by atoms with E-state index >= 15 is 0 Å². The first kappa shape index (κ1) is 17.4. The predicted molar refractivity (Wildman–Crippen MR) is 116 cm³/mol. The first-order valence-electron chi connectivity index (χ1n) is 10.2. The Kier molecular flexibility index (Phi) is 4.59. The molecule has 0 bridgehead atoms. The van der Waals surface area contributed by atoms with Gasteiger partial charge in [0, 0.05) is 31.4 Å². The van der Waals surface area contributed by atoms with Crippen LogP contribution in [0.3, 0.4) is 0 Å². The quantitative estimate of drug-likeness (QED) is 0.585. The third-order valence-corrected chi connectivity index (χ3v) is 5.77. The third-order valence-electron chi connectivity index (χ3n) is 5.77. The second-order valence-electron chi connectivity index (χ2n) is 7.73. The van der Waals surface area contributed by atoms with Crippen LogP contribution in [0, 0.1) is 6.92 Å². The molecule has 1 fully saturated rings. The number of hydrogen-bond acceptors (Lipinski definition) is 3. The van der Waals surface area contributed by atoms with Gasteiger partial charge in [0.1, 0.15) is 5.65 Å². The largest absolute Gasteiger partial charge is 0.315 e. The second-order valence-corrected chi connectivity index (χ2v) is 7.73. The fraction of sp³-hybridized carbons (Fsp3) is 0.292. The number of imidazole rings is 1. The maximum atomic E-state index is 5.10. The summed E-state index contributed by atoms with van der Waals surface area (Å²) in [4.78, 5) is 7.65. The molecule has 4 heteroatoms. The van der Waals surface area contributed by atoms with Crippen LogP contribution in [0.5, 0.6) is 0 Å².